The molecule has 8 heteroatoms. The summed E-state index contributed by atoms with van der Waals surface area (Å²) >= 11 is 0. The van der Waals surface area contributed by atoms with Crippen LogP contribution in [0.15, 0.2) is 77.7 Å². The average molecular weight is 441 g/mol. The minimum Gasteiger partial charge on any atom is -0.481 e. The topological polar surface area (TPSA) is 141 Å². The summed E-state index contributed by atoms with van der Waals surface area (Å²) in [5, 5.41) is 10.2. The van der Waals surface area contributed by atoms with E-state index >= 15 is 0 Å². The first-order valence-electron chi connectivity index (χ1n) is 9.74. The molecule has 1 unspecified atom stereocenters. The van der Waals surface area contributed by atoms with Gasteiger partial charge in [0.2, 0.25) is 9.84 Å². The van der Waals surface area contributed by atoms with Crippen molar-refractivity contribution in [2.75, 3.05) is 0 Å². The lowest BCUT2D eigenvalue weighted by Gasteiger charge is -2.30. The molecule has 0 heterocycles. The van der Waals surface area contributed by atoms with Crippen LogP contribution < -0.4 is 11.5 Å². The highest BCUT2D eigenvalue weighted by Gasteiger charge is 2.50. The number of aliphatic carboxylic acids is 1. The van der Waals surface area contributed by atoms with Gasteiger partial charge in [-0.15, -0.1) is 0 Å². The van der Waals surface area contributed by atoms with Gasteiger partial charge in [-0.3, -0.25) is 9.59 Å². The maximum Gasteiger partial charge on any atom is 0.303 e. The van der Waals surface area contributed by atoms with E-state index in [2.05, 4.69) is 0 Å². The summed E-state index contributed by atoms with van der Waals surface area (Å²) in [4.78, 5) is 21.9. The predicted molar refractivity (Wildman–Crippen MR) is 118 cm³/mol. The van der Waals surface area contributed by atoms with Crippen LogP contribution in [-0.4, -0.2) is 36.2 Å². The van der Waals surface area contributed by atoms with E-state index in [0.29, 0.717) is 10.8 Å². The predicted octanol–water partition coefficient (Wildman–Crippen LogP) is 2.27. The third-order valence-electron chi connectivity index (χ3n) is 5.28. The molecular formula is C23H24N2O5S. The quantitative estimate of drug-likeness (QED) is 0.463. The molecule has 5 N–H and O–H groups in total. The van der Waals surface area contributed by atoms with Crippen molar-refractivity contribution >= 4 is 32.4 Å². The van der Waals surface area contributed by atoms with Crippen LogP contribution in [0.3, 0.4) is 0 Å². The molecule has 3 aromatic carbocycles. The Labute approximate surface area is 180 Å². The molecule has 0 amide bonds. The van der Waals surface area contributed by atoms with Crippen molar-refractivity contribution in [2.45, 2.75) is 35.1 Å². The number of carbonyl (C=O) groups is 2. The minimum absolute atomic E-state index is 0.0801. The fourth-order valence-corrected chi connectivity index (χ4v) is 5.50. The van der Waals surface area contributed by atoms with Crippen molar-refractivity contribution in [2.24, 2.45) is 11.5 Å². The number of carboxylic acids is 1. The van der Waals surface area contributed by atoms with E-state index in [1.165, 1.54) is 6.07 Å². The van der Waals surface area contributed by atoms with Crippen LogP contribution in [0, 0.1) is 0 Å². The lowest BCUT2D eigenvalue weighted by atomic mass is 9.96. The Hall–Kier alpha value is -3.07. The molecule has 31 heavy (non-hydrogen) atoms. The second-order valence-electron chi connectivity index (χ2n) is 7.42. The summed E-state index contributed by atoms with van der Waals surface area (Å²) in [5.74, 6) is -2.17. The zero-order valence-electron chi connectivity index (χ0n) is 16.8. The van der Waals surface area contributed by atoms with E-state index < -0.39 is 45.3 Å². The second kappa shape index (κ2) is 8.97. The molecule has 3 aromatic rings. The van der Waals surface area contributed by atoms with Gasteiger partial charge in [-0.25, -0.2) is 8.42 Å². The molecule has 0 aliphatic carbocycles. The Morgan fingerprint density at radius 2 is 1.55 bits per heavy atom. The van der Waals surface area contributed by atoms with Gasteiger partial charge >= 0.3 is 5.97 Å². The summed E-state index contributed by atoms with van der Waals surface area (Å²) in [6.45, 7) is 0. The van der Waals surface area contributed by atoms with Crippen LogP contribution >= 0.6 is 0 Å². The third-order valence-corrected chi connectivity index (χ3v) is 7.58. The Morgan fingerprint density at radius 3 is 2.23 bits per heavy atom. The maximum absolute atomic E-state index is 13.7. The highest BCUT2D eigenvalue weighted by molar-refractivity contribution is 7.93. The van der Waals surface area contributed by atoms with Gasteiger partial charge < -0.3 is 16.6 Å². The monoisotopic (exact) mass is 440 g/mol. The number of hydrogen-bond acceptors (Lipinski definition) is 6. The van der Waals surface area contributed by atoms with Gasteiger partial charge in [0.1, 0.15) is 0 Å². The number of hydrogen-bond donors (Lipinski definition) is 3. The number of rotatable bonds is 9. The van der Waals surface area contributed by atoms with E-state index in [0.717, 1.165) is 5.56 Å². The van der Waals surface area contributed by atoms with Crippen LogP contribution in [0.1, 0.15) is 18.4 Å². The zero-order valence-corrected chi connectivity index (χ0v) is 17.6. The standard InChI is InChI=1S/C23H24N2O5S/c24-19(15-16-7-2-1-3-8-16)22(28)23(25,14-13-21(26)27)31(29,30)20-12-6-10-17-9-4-5-11-18(17)20/h1-12,19H,13-15,24-25H2,(H,26,27)/t19?,23-/m1/s1. The molecule has 2 atom stereocenters. The molecule has 0 aromatic heterocycles. The molecule has 162 valence electrons. The molecule has 0 aliphatic heterocycles. The van der Waals surface area contributed by atoms with Gasteiger partial charge in [0.25, 0.3) is 0 Å². The van der Waals surface area contributed by atoms with E-state index in [4.69, 9.17) is 16.6 Å². The van der Waals surface area contributed by atoms with Crippen molar-refractivity contribution in [3.8, 4) is 0 Å². The SMILES string of the molecule is NC(Cc1ccccc1)C(=O)[C@@](N)(CCC(=O)O)S(=O)(=O)c1cccc2ccccc12. The minimum atomic E-state index is -4.47. The van der Waals surface area contributed by atoms with Crippen molar-refractivity contribution in [1.29, 1.82) is 0 Å². The Morgan fingerprint density at radius 1 is 0.935 bits per heavy atom. The molecule has 3 rings (SSSR count). The third kappa shape index (κ3) is 4.51. The number of carbonyl (C=O) groups excluding carboxylic acids is 1. The van der Waals surface area contributed by atoms with Gasteiger partial charge in [0, 0.05) is 11.8 Å². The molecule has 0 fully saturated rings. The summed E-state index contributed by atoms with van der Waals surface area (Å²) in [6.07, 6.45) is -1.10. The van der Waals surface area contributed by atoms with Crippen LogP contribution in [0.4, 0.5) is 0 Å². The molecule has 7 nitrogen and oxygen atoms in total. The van der Waals surface area contributed by atoms with Gasteiger partial charge in [0.05, 0.1) is 10.9 Å². The van der Waals surface area contributed by atoms with Crippen molar-refractivity contribution in [3.63, 3.8) is 0 Å². The molecule has 0 bridgehead atoms. The lowest BCUT2D eigenvalue weighted by Crippen LogP contribution is -2.60. The largest absolute Gasteiger partial charge is 0.481 e. The summed E-state index contributed by atoms with van der Waals surface area (Å²) in [5.41, 5.74) is 13.1. The first kappa shape index (κ1) is 22.6. The summed E-state index contributed by atoms with van der Waals surface area (Å²) in [6, 6.07) is 19.2. The number of benzene rings is 3. The maximum atomic E-state index is 13.7. The highest BCUT2D eigenvalue weighted by Crippen LogP contribution is 2.33. The first-order valence-corrected chi connectivity index (χ1v) is 11.2. The molecular weight excluding hydrogens is 416 g/mol. The number of ketones is 1. The van der Waals surface area contributed by atoms with Crippen molar-refractivity contribution in [1.82, 2.24) is 0 Å². The molecule has 0 spiro atoms. The van der Waals surface area contributed by atoms with Crippen LogP contribution in [0.2, 0.25) is 0 Å². The fraction of sp³-hybridized carbons (Fsp3) is 0.217. The van der Waals surface area contributed by atoms with E-state index in [1.54, 1.807) is 60.7 Å². The van der Waals surface area contributed by atoms with Crippen molar-refractivity contribution < 1.29 is 23.1 Å². The number of carboxylic acid groups (broad SMARTS) is 1. The molecule has 0 aliphatic rings. The van der Waals surface area contributed by atoms with Gasteiger partial charge in [-0.2, -0.15) is 0 Å². The Bertz CT molecular complexity index is 1210. The number of fused-ring (bicyclic) bond motifs is 1. The fourth-order valence-electron chi connectivity index (χ4n) is 3.58. The summed E-state index contributed by atoms with van der Waals surface area (Å²) < 4.78 is 27.4. The van der Waals surface area contributed by atoms with E-state index in [1.807, 2.05) is 6.07 Å². The molecule has 0 saturated carbocycles. The smallest absolute Gasteiger partial charge is 0.303 e. The lowest BCUT2D eigenvalue weighted by molar-refractivity contribution is -0.137. The number of sulfone groups is 1. The highest BCUT2D eigenvalue weighted by atomic mass is 32.2. The van der Waals surface area contributed by atoms with E-state index in [9.17, 15) is 18.0 Å². The van der Waals surface area contributed by atoms with Crippen LogP contribution in [-0.2, 0) is 25.8 Å². The Balaban J connectivity index is 2.07. The van der Waals surface area contributed by atoms with Crippen LogP contribution in [0.25, 0.3) is 10.8 Å². The van der Waals surface area contributed by atoms with Gasteiger partial charge in [0.15, 0.2) is 10.7 Å². The first-order chi connectivity index (χ1) is 14.7. The average Bonchev–Trinajstić information content (AvgIpc) is 2.77. The van der Waals surface area contributed by atoms with Crippen LogP contribution in [0.5, 0.6) is 0 Å². The summed E-state index contributed by atoms with van der Waals surface area (Å²) in [7, 11) is -4.47. The number of nitrogens with two attached hydrogens (primary N) is 2. The molecule has 0 radical (unpaired) electrons. The Kier molecular flexibility index (Phi) is 6.54. The zero-order chi connectivity index (χ0) is 22.6. The number of Topliss-reactive ketones (excluding diaryl/α,β-unsaturated/α-hetero) is 1. The van der Waals surface area contributed by atoms with Gasteiger partial charge in [-0.05, 0) is 29.9 Å². The normalized spacial score (nSPS) is 14.6. The second-order valence-corrected chi connectivity index (χ2v) is 9.60. The van der Waals surface area contributed by atoms with E-state index in [-0.39, 0.29) is 11.3 Å². The van der Waals surface area contributed by atoms with Crippen molar-refractivity contribution in [3.05, 3.63) is 78.4 Å². The van der Waals surface area contributed by atoms with Gasteiger partial charge in [-0.1, -0.05) is 66.7 Å². The molecule has 0 saturated heterocycles.